The minimum Gasteiger partial charge on any atom is -0.489 e. The van der Waals surface area contributed by atoms with E-state index in [0.717, 1.165) is 6.07 Å². The highest BCUT2D eigenvalue weighted by atomic mass is 19.1. The first-order valence-corrected chi connectivity index (χ1v) is 9.48. The summed E-state index contributed by atoms with van der Waals surface area (Å²) in [7, 11) is 1.67. The highest BCUT2D eigenvalue weighted by Crippen LogP contribution is 2.48. The Morgan fingerprint density at radius 2 is 1.97 bits per heavy atom. The summed E-state index contributed by atoms with van der Waals surface area (Å²) in [6, 6.07) is 8.64. The SMILES string of the molecule is CC(CCO)C1C[C@@]2(N=C(N)N(C)O2)c2cc(-c3cc(F)cc(F)c3)ccc2O1. The molecule has 1 spiro atoms. The van der Waals surface area contributed by atoms with Gasteiger partial charge in [-0.15, -0.1) is 0 Å². The van der Waals surface area contributed by atoms with Gasteiger partial charge in [-0.25, -0.2) is 23.7 Å². The fourth-order valence-electron chi connectivity index (χ4n) is 3.87. The van der Waals surface area contributed by atoms with Crippen LogP contribution in [0.4, 0.5) is 8.78 Å². The van der Waals surface area contributed by atoms with Crippen LogP contribution in [-0.2, 0) is 10.6 Å². The van der Waals surface area contributed by atoms with Gasteiger partial charge in [-0.1, -0.05) is 13.0 Å². The Morgan fingerprint density at radius 1 is 1.24 bits per heavy atom. The maximum absolute atomic E-state index is 13.7. The lowest BCUT2D eigenvalue weighted by Gasteiger charge is -2.39. The van der Waals surface area contributed by atoms with Crippen LogP contribution in [0.15, 0.2) is 41.4 Å². The number of nitrogens with zero attached hydrogens (tertiary/aromatic N) is 2. The second-order valence-corrected chi connectivity index (χ2v) is 7.56. The molecule has 8 heteroatoms. The van der Waals surface area contributed by atoms with Crippen LogP contribution < -0.4 is 10.5 Å². The molecule has 2 unspecified atom stereocenters. The topological polar surface area (TPSA) is 80.3 Å². The third-order valence-electron chi connectivity index (χ3n) is 5.48. The third kappa shape index (κ3) is 3.54. The minimum atomic E-state index is -1.09. The van der Waals surface area contributed by atoms with Crippen molar-refractivity contribution in [3.05, 3.63) is 53.6 Å². The molecular formula is C21H23F2N3O3. The second kappa shape index (κ2) is 7.27. The molecule has 29 heavy (non-hydrogen) atoms. The molecule has 2 aromatic rings. The van der Waals surface area contributed by atoms with Crippen LogP contribution in [0, 0.1) is 17.6 Å². The van der Waals surface area contributed by atoms with Gasteiger partial charge in [0.15, 0.2) is 0 Å². The Bertz CT molecular complexity index is 948. The number of nitrogens with two attached hydrogens (primary N) is 1. The minimum absolute atomic E-state index is 0.0527. The van der Waals surface area contributed by atoms with Crippen molar-refractivity contribution in [1.29, 1.82) is 0 Å². The summed E-state index contributed by atoms with van der Waals surface area (Å²) in [6.07, 6.45) is 0.731. The van der Waals surface area contributed by atoms with E-state index in [2.05, 4.69) is 4.99 Å². The van der Waals surface area contributed by atoms with Crippen molar-refractivity contribution in [1.82, 2.24) is 5.06 Å². The number of hydrogen-bond donors (Lipinski definition) is 2. The van der Waals surface area contributed by atoms with Crippen molar-refractivity contribution in [3.63, 3.8) is 0 Å². The molecule has 2 aliphatic rings. The van der Waals surface area contributed by atoms with Crippen LogP contribution in [0.2, 0.25) is 0 Å². The molecule has 0 bridgehead atoms. The molecule has 0 fully saturated rings. The van der Waals surface area contributed by atoms with Crippen LogP contribution in [0.25, 0.3) is 11.1 Å². The van der Waals surface area contributed by atoms with E-state index in [9.17, 15) is 13.9 Å². The molecule has 2 heterocycles. The number of fused-ring (bicyclic) bond motifs is 2. The summed E-state index contributed by atoms with van der Waals surface area (Å²) >= 11 is 0. The third-order valence-corrected chi connectivity index (χ3v) is 5.48. The lowest BCUT2D eigenvalue weighted by molar-refractivity contribution is -0.194. The number of benzene rings is 2. The molecule has 4 rings (SSSR count). The summed E-state index contributed by atoms with van der Waals surface area (Å²) < 4.78 is 33.6. The molecule has 0 saturated heterocycles. The first-order chi connectivity index (χ1) is 13.8. The van der Waals surface area contributed by atoms with Crippen LogP contribution in [0.5, 0.6) is 5.75 Å². The van der Waals surface area contributed by atoms with Crippen molar-refractivity contribution in [2.75, 3.05) is 13.7 Å². The smallest absolute Gasteiger partial charge is 0.221 e. The molecule has 0 amide bonds. The highest BCUT2D eigenvalue weighted by molar-refractivity contribution is 5.79. The van der Waals surface area contributed by atoms with E-state index in [1.807, 2.05) is 6.92 Å². The zero-order valence-electron chi connectivity index (χ0n) is 16.2. The molecule has 3 atom stereocenters. The Balaban J connectivity index is 1.81. The van der Waals surface area contributed by atoms with E-state index in [4.69, 9.17) is 15.3 Å². The van der Waals surface area contributed by atoms with E-state index in [0.29, 0.717) is 35.3 Å². The molecule has 0 radical (unpaired) electrons. The van der Waals surface area contributed by atoms with Crippen molar-refractivity contribution >= 4 is 5.96 Å². The monoisotopic (exact) mass is 403 g/mol. The Kier molecular flexibility index (Phi) is 4.92. The number of hydrogen-bond acceptors (Lipinski definition) is 6. The standard InChI is InChI=1S/C21H23F2N3O3/c1-12(5-6-27)19-11-21(25-20(24)26(2)29-21)17-9-13(3-4-18(17)28-19)14-7-15(22)10-16(23)8-14/h3-4,7-10,12,19,27H,5-6,11H2,1-2H3,(H2,24,25)/t12?,19?,21-/m0/s1. The number of aliphatic hydroxyl groups excluding tert-OH is 1. The van der Waals surface area contributed by atoms with E-state index < -0.39 is 17.4 Å². The predicted molar refractivity (Wildman–Crippen MR) is 104 cm³/mol. The van der Waals surface area contributed by atoms with Gasteiger partial charge >= 0.3 is 0 Å². The van der Waals surface area contributed by atoms with Gasteiger partial charge in [0.1, 0.15) is 23.5 Å². The zero-order valence-corrected chi connectivity index (χ0v) is 16.2. The molecule has 0 aromatic heterocycles. The summed E-state index contributed by atoms with van der Waals surface area (Å²) in [6.45, 7) is 2.05. The van der Waals surface area contributed by atoms with Gasteiger partial charge in [-0.2, -0.15) is 0 Å². The maximum atomic E-state index is 13.7. The maximum Gasteiger partial charge on any atom is 0.221 e. The van der Waals surface area contributed by atoms with Gasteiger partial charge in [0.2, 0.25) is 11.7 Å². The first kappa shape index (κ1) is 19.6. The molecular weight excluding hydrogens is 380 g/mol. The Morgan fingerprint density at radius 3 is 2.59 bits per heavy atom. The average molecular weight is 403 g/mol. The highest BCUT2D eigenvalue weighted by Gasteiger charge is 2.49. The normalized spacial score (nSPS) is 24.2. The number of aliphatic hydroxyl groups is 1. The van der Waals surface area contributed by atoms with Crippen LogP contribution in [0.3, 0.4) is 0 Å². The van der Waals surface area contributed by atoms with Crippen LogP contribution in [-0.4, -0.2) is 35.9 Å². The van der Waals surface area contributed by atoms with E-state index in [1.54, 1.807) is 25.2 Å². The van der Waals surface area contributed by atoms with E-state index in [-0.39, 0.29) is 24.6 Å². The largest absolute Gasteiger partial charge is 0.489 e. The Hall–Kier alpha value is -2.71. The zero-order chi connectivity index (χ0) is 20.8. The predicted octanol–water partition coefficient (Wildman–Crippen LogP) is 3.15. The van der Waals surface area contributed by atoms with Crippen molar-refractivity contribution < 1.29 is 23.5 Å². The number of aliphatic imine (C=N–C) groups is 1. The van der Waals surface area contributed by atoms with Gasteiger partial charge in [-0.05, 0) is 47.7 Å². The van der Waals surface area contributed by atoms with Gasteiger partial charge in [0.05, 0.1) is 5.56 Å². The van der Waals surface area contributed by atoms with Gasteiger partial charge in [0.25, 0.3) is 0 Å². The van der Waals surface area contributed by atoms with Gasteiger partial charge in [0, 0.05) is 26.1 Å². The van der Waals surface area contributed by atoms with Crippen molar-refractivity contribution in [3.8, 4) is 16.9 Å². The number of hydroxylamine groups is 2. The second-order valence-electron chi connectivity index (χ2n) is 7.56. The van der Waals surface area contributed by atoms with Crippen LogP contribution >= 0.6 is 0 Å². The average Bonchev–Trinajstić information content (AvgIpc) is 2.94. The number of ether oxygens (including phenoxy) is 1. The van der Waals surface area contributed by atoms with E-state index in [1.165, 1.54) is 17.2 Å². The number of guanidine groups is 1. The van der Waals surface area contributed by atoms with Crippen molar-refractivity contribution in [2.45, 2.75) is 31.6 Å². The summed E-state index contributed by atoms with van der Waals surface area (Å²) in [4.78, 5) is 10.6. The molecule has 154 valence electrons. The lowest BCUT2D eigenvalue weighted by Crippen LogP contribution is -2.42. The molecule has 3 N–H and O–H groups in total. The summed E-state index contributed by atoms with van der Waals surface area (Å²) in [5, 5.41) is 10.7. The fraction of sp³-hybridized carbons (Fsp3) is 0.381. The Labute approximate surface area is 167 Å². The number of rotatable bonds is 4. The fourth-order valence-corrected chi connectivity index (χ4v) is 3.87. The molecule has 2 aromatic carbocycles. The molecule has 6 nitrogen and oxygen atoms in total. The summed E-state index contributed by atoms with van der Waals surface area (Å²) in [5.74, 6) is -0.443. The summed E-state index contributed by atoms with van der Waals surface area (Å²) in [5.41, 5.74) is 6.54. The van der Waals surface area contributed by atoms with Crippen LogP contribution in [0.1, 0.15) is 25.3 Å². The first-order valence-electron chi connectivity index (χ1n) is 9.48. The van der Waals surface area contributed by atoms with Gasteiger partial charge < -0.3 is 15.6 Å². The quantitative estimate of drug-likeness (QED) is 0.820. The molecule has 2 aliphatic heterocycles. The lowest BCUT2D eigenvalue weighted by atomic mass is 9.85. The van der Waals surface area contributed by atoms with Gasteiger partial charge in [-0.3, -0.25) is 0 Å². The van der Waals surface area contributed by atoms with Crippen molar-refractivity contribution in [2.24, 2.45) is 16.6 Å². The number of halogens is 2. The molecule has 0 saturated carbocycles. The molecule has 0 aliphatic carbocycles. The van der Waals surface area contributed by atoms with E-state index >= 15 is 0 Å².